The van der Waals surface area contributed by atoms with Gasteiger partial charge in [0.2, 0.25) is 5.95 Å². The summed E-state index contributed by atoms with van der Waals surface area (Å²) in [5, 5.41) is 5.90. The van der Waals surface area contributed by atoms with Crippen molar-refractivity contribution in [3.05, 3.63) is 134 Å². The van der Waals surface area contributed by atoms with E-state index in [-0.39, 0.29) is 0 Å². The molecule has 0 bridgehead atoms. The molecule has 3 heterocycles. The van der Waals surface area contributed by atoms with Crippen LogP contribution in [0.4, 0.5) is 0 Å². The first-order valence-electron chi connectivity index (χ1n) is 12.8. The van der Waals surface area contributed by atoms with Gasteiger partial charge in [-0.05, 0) is 41.1 Å². The van der Waals surface area contributed by atoms with Crippen LogP contribution < -0.4 is 0 Å². The van der Waals surface area contributed by atoms with Crippen molar-refractivity contribution in [1.29, 1.82) is 0 Å². The molecule has 0 N–H and O–H groups in total. The molecule has 0 saturated heterocycles. The normalized spacial score (nSPS) is 11.7. The van der Waals surface area contributed by atoms with Gasteiger partial charge in [0.15, 0.2) is 5.65 Å². The molecule has 5 aromatic carbocycles. The fourth-order valence-corrected chi connectivity index (χ4v) is 5.67. The molecule has 0 spiro atoms. The number of fused-ring (bicyclic) bond motifs is 6. The van der Waals surface area contributed by atoms with E-state index < -0.39 is 0 Å². The molecular weight excluding hydrogens is 464 g/mol. The van der Waals surface area contributed by atoms with E-state index in [1.807, 2.05) is 12.1 Å². The van der Waals surface area contributed by atoms with Crippen molar-refractivity contribution in [1.82, 2.24) is 19.1 Å². The summed E-state index contributed by atoms with van der Waals surface area (Å²) < 4.78 is 4.36. The zero-order chi connectivity index (χ0) is 25.1. The second-order valence-corrected chi connectivity index (χ2v) is 9.53. The molecule has 0 saturated carbocycles. The lowest BCUT2D eigenvalue weighted by Gasteiger charge is -2.12. The molecule has 0 amide bonds. The standard InChI is InChI=1S/C34H22N4/c1-3-12-24(13-4-1)32-28-21-22-37(25-14-5-2-6-15-25)33(28)36-34(35-32)38-29-18-10-9-17-27(29)31-26-16-8-7-11-23(26)19-20-30(31)38/h1-22H. The Morgan fingerprint density at radius 3 is 2.05 bits per heavy atom. The molecule has 0 atom stereocenters. The van der Waals surface area contributed by atoms with Crippen LogP contribution in [0.1, 0.15) is 0 Å². The van der Waals surface area contributed by atoms with Crippen molar-refractivity contribution in [2.75, 3.05) is 0 Å². The van der Waals surface area contributed by atoms with E-state index in [4.69, 9.17) is 9.97 Å². The molecule has 0 fully saturated rings. The first kappa shape index (κ1) is 20.9. The Labute approximate surface area is 219 Å². The number of nitrogens with zero attached hydrogens (tertiary/aromatic N) is 4. The molecule has 38 heavy (non-hydrogen) atoms. The van der Waals surface area contributed by atoms with Crippen molar-refractivity contribution in [3.63, 3.8) is 0 Å². The maximum Gasteiger partial charge on any atom is 0.237 e. The third-order valence-corrected chi connectivity index (χ3v) is 7.38. The molecule has 4 heteroatoms. The Hall–Kier alpha value is -5.22. The van der Waals surface area contributed by atoms with Gasteiger partial charge in [-0.3, -0.25) is 4.57 Å². The Kier molecular flexibility index (Phi) is 4.49. The molecular formula is C34H22N4. The van der Waals surface area contributed by atoms with E-state index in [2.05, 4.69) is 131 Å². The van der Waals surface area contributed by atoms with Gasteiger partial charge in [0.1, 0.15) is 0 Å². The third-order valence-electron chi connectivity index (χ3n) is 7.38. The fourth-order valence-electron chi connectivity index (χ4n) is 5.67. The Balaban J connectivity index is 1.52. The predicted molar refractivity (Wildman–Crippen MR) is 156 cm³/mol. The van der Waals surface area contributed by atoms with E-state index in [1.165, 1.54) is 21.5 Å². The summed E-state index contributed by atoms with van der Waals surface area (Å²) in [6.07, 6.45) is 2.09. The topological polar surface area (TPSA) is 35.6 Å². The van der Waals surface area contributed by atoms with Crippen LogP contribution in [0.2, 0.25) is 0 Å². The van der Waals surface area contributed by atoms with Crippen molar-refractivity contribution in [2.45, 2.75) is 0 Å². The molecule has 4 nitrogen and oxygen atoms in total. The van der Waals surface area contributed by atoms with Crippen LogP contribution in [0, 0.1) is 0 Å². The van der Waals surface area contributed by atoms with Crippen molar-refractivity contribution in [3.8, 4) is 22.9 Å². The minimum Gasteiger partial charge on any atom is -0.301 e. The van der Waals surface area contributed by atoms with E-state index in [0.717, 1.165) is 39.0 Å². The highest BCUT2D eigenvalue weighted by atomic mass is 15.2. The lowest BCUT2D eigenvalue weighted by molar-refractivity contribution is 0.988. The molecule has 178 valence electrons. The van der Waals surface area contributed by atoms with Crippen molar-refractivity contribution in [2.24, 2.45) is 0 Å². The van der Waals surface area contributed by atoms with Gasteiger partial charge in [0.05, 0.1) is 16.7 Å². The highest BCUT2D eigenvalue weighted by molar-refractivity contribution is 6.21. The lowest BCUT2D eigenvalue weighted by atomic mass is 10.0. The monoisotopic (exact) mass is 486 g/mol. The zero-order valence-corrected chi connectivity index (χ0v) is 20.5. The van der Waals surface area contributed by atoms with E-state index in [9.17, 15) is 0 Å². The van der Waals surface area contributed by atoms with Gasteiger partial charge in [-0.15, -0.1) is 0 Å². The van der Waals surface area contributed by atoms with Crippen LogP contribution in [0.5, 0.6) is 0 Å². The molecule has 0 aliphatic rings. The van der Waals surface area contributed by atoms with Gasteiger partial charge >= 0.3 is 0 Å². The van der Waals surface area contributed by atoms with Crippen molar-refractivity contribution >= 4 is 43.6 Å². The molecule has 0 aliphatic heterocycles. The smallest absolute Gasteiger partial charge is 0.237 e. The summed E-state index contributed by atoms with van der Waals surface area (Å²) in [4.78, 5) is 10.5. The zero-order valence-electron chi connectivity index (χ0n) is 20.5. The summed E-state index contributed by atoms with van der Waals surface area (Å²) >= 11 is 0. The summed E-state index contributed by atoms with van der Waals surface area (Å²) in [6, 6.07) is 44.4. The quantitative estimate of drug-likeness (QED) is 0.252. The van der Waals surface area contributed by atoms with Gasteiger partial charge < -0.3 is 4.57 Å². The van der Waals surface area contributed by atoms with Crippen LogP contribution in [-0.4, -0.2) is 19.1 Å². The number of hydrogen-bond acceptors (Lipinski definition) is 2. The first-order chi connectivity index (χ1) is 18.9. The Bertz CT molecular complexity index is 2120. The number of aromatic nitrogens is 4. The second kappa shape index (κ2) is 8.15. The summed E-state index contributed by atoms with van der Waals surface area (Å²) in [6.45, 7) is 0. The van der Waals surface area contributed by atoms with E-state index >= 15 is 0 Å². The maximum absolute atomic E-state index is 5.24. The lowest BCUT2D eigenvalue weighted by Crippen LogP contribution is -2.05. The van der Waals surface area contributed by atoms with Crippen LogP contribution in [0.15, 0.2) is 134 Å². The highest BCUT2D eigenvalue weighted by Gasteiger charge is 2.20. The number of para-hydroxylation sites is 2. The minimum absolute atomic E-state index is 0.661. The van der Waals surface area contributed by atoms with Crippen LogP contribution in [-0.2, 0) is 0 Å². The second-order valence-electron chi connectivity index (χ2n) is 9.53. The average molecular weight is 487 g/mol. The van der Waals surface area contributed by atoms with Gasteiger partial charge in [-0.25, -0.2) is 4.98 Å². The Morgan fingerprint density at radius 1 is 0.500 bits per heavy atom. The highest BCUT2D eigenvalue weighted by Crippen LogP contribution is 2.37. The van der Waals surface area contributed by atoms with Gasteiger partial charge in [-0.2, -0.15) is 4.98 Å². The van der Waals surface area contributed by atoms with Crippen LogP contribution in [0.25, 0.3) is 66.5 Å². The maximum atomic E-state index is 5.24. The third kappa shape index (κ3) is 3.04. The molecule has 8 rings (SSSR count). The predicted octanol–water partition coefficient (Wildman–Crippen LogP) is 8.34. The molecule has 0 unspecified atom stereocenters. The van der Waals surface area contributed by atoms with Crippen LogP contribution >= 0.6 is 0 Å². The SMILES string of the molecule is c1ccc(-c2nc(-n3c4ccccc4c4c5ccccc5ccc43)nc3c2ccn3-c2ccccc2)cc1. The summed E-state index contributed by atoms with van der Waals surface area (Å²) in [7, 11) is 0. The molecule has 0 radical (unpaired) electrons. The number of rotatable bonds is 3. The minimum atomic E-state index is 0.661. The first-order valence-corrected chi connectivity index (χ1v) is 12.8. The van der Waals surface area contributed by atoms with Gasteiger partial charge in [0.25, 0.3) is 0 Å². The largest absolute Gasteiger partial charge is 0.301 e. The number of hydrogen-bond donors (Lipinski definition) is 0. The average Bonchev–Trinajstić information content (AvgIpc) is 3.57. The molecule has 8 aromatic rings. The summed E-state index contributed by atoms with van der Waals surface area (Å²) in [5.41, 5.74) is 6.13. The summed E-state index contributed by atoms with van der Waals surface area (Å²) in [5.74, 6) is 0.661. The van der Waals surface area contributed by atoms with E-state index in [1.54, 1.807) is 0 Å². The molecule has 3 aromatic heterocycles. The van der Waals surface area contributed by atoms with E-state index in [0.29, 0.717) is 5.95 Å². The van der Waals surface area contributed by atoms with Gasteiger partial charge in [-0.1, -0.05) is 97.1 Å². The number of benzene rings is 5. The van der Waals surface area contributed by atoms with Gasteiger partial charge in [0, 0.05) is 33.6 Å². The Morgan fingerprint density at radius 2 is 1.21 bits per heavy atom. The van der Waals surface area contributed by atoms with Crippen LogP contribution in [0.3, 0.4) is 0 Å². The van der Waals surface area contributed by atoms with Crippen molar-refractivity contribution < 1.29 is 0 Å². The molecule has 0 aliphatic carbocycles. The fraction of sp³-hybridized carbons (Fsp3) is 0.